The topological polar surface area (TPSA) is 30.5 Å². The van der Waals surface area contributed by atoms with Gasteiger partial charge in [0.1, 0.15) is 6.61 Å². The van der Waals surface area contributed by atoms with Crippen LogP contribution in [0.25, 0.3) is 0 Å². The summed E-state index contributed by atoms with van der Waals surface area (Å²) in [6.45, 7) is 3.24. The van der Waals surface area contributed by atoms with Gasteiger partial charge in [0.15, 0.2) is 11.5 Å². The van der Waals surface area contributed by atoms with Crippen LogP contribution in [-0.4, -0.2) is 7.11 Å². The third-order valence-electron chi connectivity index (χ3n) is 4.11. The van der Waals surface area contributed by atoms with Gasteiger partial charge in [0.25, 0.3) is 0 Å². The van der Waals surface area contributed by atoms with E-state index in [1.165, 1.54) is 5.56 Å². The smallest absolute Gasteiger partial charge is 0.166 e. The minimum atomic E-state index is 0.506. The van der Waals surface area contributed by atoms with Gasteiger partial charge in [-0.1, -0.05) is 57.9 Å². The summed E-state index contributed by atoms with van der Waals surface area (Å²) in [5, 5.41) is 3.43. The summed E-state index contributed by atoms with van der Waals surface area (Å²) in [5.41, 5.74) is 4.48. The fourth-order valence-electron chi connectivity index (χ4n) is 2.63. The van der Waals surface area contributed by atoms with Gasteiger partial charge in [0, 0.05) is 22.3 Å². The number of anilines is 1. The molecule has 26 heavy (non-hydrogen) atoms. The standard InChI is InChI=1S/C22H22BrNO2/c1-16-6-8-17(9-7-16)15-26-22-18(4-3-5-21(22)25-2)14-24-20-12-10-19(23)11-13-20/h3-13,24H,14-15H2,1-2H3. The van der Waals surface area contributed by atoms with E-state index >= 15 is 0 Å². The van der Waals surface area contributed by atoms with Gasteiger partial charge < -0.3 is 14.8 Å². The average Bonchev–Trinajstić information content (AvgIpc) is 2.67. The monoisotopic (exact) mass is 411 g/mol. The summed E-state index contributed by atoms with van der Waals surface area (Å²) in [5.74, 6) is 1.52. The Morgan fingerprint density at radius 3 is 2.35 bits per heavy atom. The molecule has 0 fully saturated rings. The van der Waals surface area contributed by atoms with Crippen LogP contribution in [0.5, 0.6) is 11.5 Å². The molecule has 3 rings (SSSR count). The van der Waals surface area contributed by atoms with Crippen molar-refractivity contribution in [3.63, 3.8) is 0 Å². The number of nitrogens with one attached hydrogen (secondary N) is 1. The summed E-state index contributed by atoms with van der Waals surface area (Å²) < 4.78 is 12.7. The molecule has 0 heterocycles. The Kier molecular flexibility index (Phi) is 6.18. The van der Waals surface area contributed by atoms with E-state index in [-0.39, 0.29) is 0 Å². The van der Waals surface area contributed by atoms with Crippen LogP contribution in [-0.2, 0) is 13.2 Å². The lowest BCUT2D eigenvalue weighted by Crippen LogP contribution is -2.05. The highest BCUT2D eigenvalue weighted by molar-refractivity contribution is 9.10. The van der Waals surface area contributed by atoms with Crippen LogP contribution in [0.3, 0.4) is 0 Å². The zero-order valence-electron chi connectivity index (χ0n) is 15.0. The maximum atomic E-state index is 6.12. The molecule has 0 aromatic heterocycles. The fourth-order valence-corrected chi connectivity index (χ4v) is 2.89. The van der Waals surface area contributed by atoms with Gasteiger partial charge in [-0.15, -0.1) is 0 Å². The molecule has 3 aromatic carbocycles. The number of rotatable bonds is 7. The van der Waals surface area contributed by atoms with Crippen molar-refractivity contribution in [3.8, 4) is 11.5 Å². The van der Waals surface area contributed by atoms with E-state index in [0.717, 1.165) is 32.8 Å². The number of methoxy groups -OCH3 is 1. The summed E-state index contributed by atoms with van der Waals surface area (Å²) in [6.07, 6.45) is 0. The molecule has 0 aliphatic heterocycles. The van der Waals surface area contributed by atoms with Gasteiger partial charge in [0.2, 0.25) is 0 Å². The van der Waals surface area contributed by atoms with E-state index in [9.17, 15) is 0 Å². The van der Waals surface area contributed by atoms with Gasteiger partial charge in [-0.3, -0.25) is 0 Å². The average molecular weight is 412 g/mol. The first kappa shape index (κ1) is 18.3. The van der Waals surface area contributed by atoms with Crippen LogP contribution < -0.4 is 14.8 Å². The van der Waals surface area contributed by atoms with E-state index in [4.69, 9.17) is 9.47 Å². The minimum absolute atomic E-state index is 0.506. The van der Waals surface area contributed by atoms with Crippen molar-refractivity contribution in [2.75, 3.05) is 12.4 Å². The highest BCUT2D eigenvalue weighted by Gasteiger charge is 2.11. The normalized spacial score (nSPS) is 10.4. The molecule has 0 spiro atoms. The highest BCUT2D eigenvalue weighted by Crippen LogP contribution is 2.32. The zero-order chi connectivity index (χ0) is 18.4. The summed E-state index contributed by atoms with van der Waals surface area (Å²) >= 11 is 3.45. The van der Waals surface area contributed by atoms with Crippen molar-refractivity contribution in [1.82, 2.24) is 0 Å². The number of hydrogen-bond donors (Lipinski definition) is 1. The maximum Gasteiger partial charge on any atom is 0.166 e. The zero-order valence-corrected chi connectivity index (χ0v) is 16.5. The van der Waals surface area contributed by atoms with Gasteiger partial charge in [-0.2, -0.15) is 0 Å². The van der Waals surface area contributed by atoms with Gasteiger partial charge in [0.05, 0.1) is 7.11 Å². The number of benzene rings is 3. The van der Waals surface area contributed by atoms with Crippen molar-refractivity contribution >= 4 is 21.6 Å². The van der Waals surface area contributed by atoms with Crippen molar-refractivity contribution < 1.29 is 9.47 Å². The van der Waals surface area contributed by atoms with Crippen molar-refractivity contribution in [2.45, 2.75) is 20.1 Å². The summed E-state index contributed by atoms with van der Waals surface area (Å²) in [6, 6.07) is 22.4. The first-order valence-corrected chi connectivity index (χ1v) is 9.28. The summed E-state index contributed by atoms with van der Waals surface area (Å²) in [4.78, 5) is 0. The van der Waals surface area contributed by atoms with E-state index < -0.39 is 0 Å². The van der Waals surface area contributed by atoms with E-state index in [1.54, 1.807) is 7.11 Å². The minimum Gasteiger partial charge on any atom is -0.493 e. The van der Waals surface area contributed by atoms with Crippen molar-refractivity contribution in [2.24, 2.45) is 0 Å². The Bertz CT molecular complexity index is 845. The second-order valence-corrected chi connectivity index (χ2v) is 7.00. The molecular formula is C22H22BrNO2. The number of halogens is 1. The second kappa shape index (κ2) is 8.77. The Labute approximate surface area is 163 Å². The van der Waals surface area contributed by atoms with Crippen molar-refractivity contribution in [1.29, 1.82) is 0 Å². The maximum absolute atomic E-state index is 6.12. The fraction of sp³-hybridized carbons (Fsp3) is 0.182. The lowest BCUT2D eigenvalue weighted by molar-refractivity contribution is 0.281. The molecule has 0 saturated heterocycles. The van der Waals surface area contributed by atoms with Crippen molar-refractivity contribution in [3.05, 3.63) is 87.9 Å². The second-order valence-electron chi connectivity index (χ2n) is 6.08. The molecule has 0 aliphatic rings. The van der Waals surface area contributed by atoms with Crippen LogP contribution in [0.4, 0.5) is 5.69 Å². The molecule has 0 atom stereocenters. The molecular weight excluding hydrogens is 390 g/mol. The summed E-state index contributed by atoms with van der Waals surface area (Å²) in [7, 11) is 1.67. The Balaban J connectivity index is 1.74. The first-order chi connectivity index (χ1) is 12.7. The van der Waals surface area contributed by atoms with Gasteiger partial charge >= 0.3 is 0 Å². The lowest BCUT2D eigenvalue weighted by Gasteiger charge is -2.16. The first-order valence-electron chi connectivity index (χ1n) is 8.49. The Morgan fingerprint density at radius 2 is 1.65 bits per heavy atom. The van der Waals surface area contributed by atoms with Gasteiger partial charge in [-0.05, 0) is 42.8 Å². The molecule has 0 unspecified atom stereocenters. The molecule has 3 nitrogen and oxygen atoms in total. The van der Waals surface area contributed by atoms with Crippen LogP contribution in [0.1, 0.15) is 16.7 Å². The number of hydrogen-bond acceptors (Lipinski definition) is 3. The number of aryl methyl sites for hydroxylation is 1. The van der Waals surface area contributed by atoms with E-state index in [1.807, 2.05) is 36.4 Å². The quantitative estimate of drug-likeness (QED) is 0.520. The van der Waals surface area contributed by atoms with Gasteiger partial charge in [-0.25, -0.2) is 0 Å². The van der Waals surface area contributed by atoms with Crippen LogP contribution in [0.2, 0.25) is 0 Å². The van der Waals surface area contributed by atoms with E-state index in [2.05, 4.69) is 58.5 Å². The SMILES string of the molecule is COc1cccc(CNc2ccc(Br)cc2)c1OCc1ccc(C)cc1. The Hall–Kier alpha value is -2.46. The van der Waals surface area contributed by atoms with Crippen LogP contribution >= 0.6 is 15.9 Å². The third-order valence-corrected chi connectivity index (χ3v) is 4.64. The largest absolute Gasteiger partial charge is 0.493 e. The molecule has 0 amide bonds. The molecule has 0 saturated carbocycles. The highest BCUT2D eigenvalue weighted by atomic mass is 79.9. The molecule has 0 aliphatic carbocycles. The molecule has 0 bridgehead atoms. The van der Waals surface area contributed by atoms with Crippen LogP contribution in [0.15, 0.2) is 71.2 Å². The number of ether oxygens (including phenoxy) is 2. The molecule has 1 N–H and O–H groups in total. The van der Waals surface area contributed by atoms with Crippen LogP contribution in [0, 0.1) is 6.92 Å². The molecule has 3 aromatic rings. The van der Waals surface area contributed by atoms with E-state index in [0.29, 0.717) is 13.2 Å². The molecule has 0 radical (unpaired) electrons. The number of para-hydroxylation sites is 1. The predicted octanol–water partition coefficient (Wildman–Crippen LogP) is 5.96. The predicted molar refractivity (Wildman–Crippen MR) is 110 cm³/mol. The molecule has 4 heteroatoms. The Morgan fingerprint density at radius 1 is 0.923 bits per heavy atom. The lowest BCUT2D eigenvalue weighted by atomic mass is 10.1. The third kappa shape index (κ3) is 4.79. The molecule has 134 valence electrons.